The Morgan fingerprint density at radius 1 is 1.41 bits per heavy atom. The SMILES string of the molecule is CC(C)NS(=O)(=O)c1cc(C(=O)O)ccc1Br. The van der Waals surface area contributed by atoms with E-state index in [0.717, 1.165) is 6.07 Å². The van der Waals surface area contributed by atoms with Crippen molar-refractivity contribution in [1.82, 2.24) is 4.72 Å². The predicted octanol–water partition coefficient (Wildman–Crippen LogP) is 1.83. The fourth-order valence-electron chi connectivity index (χ4n) is 1.22. The molecule has 0 atom stereocenters. The van der Waals surface area contributed by atoms with E-state index < -0.39 is 16.0 Å². The number of halogens is 1. The van der Waals surface area contributed by atoms with Crippen LogP contribution < -0.4 is 4.72 Å². The molecule has 0 bridgehead atoms. The molecule has 0 fully saturated rings. The fourth-order valence-corrected chi connectivity index (χ4v) is 3.46. The molecular weight excluding hydrogens is 310 g/mol. The number of carboxylic acids is 1. The molecule has 5 nitrogen and oxygen atoms in total. The molecule has 0 saturated carbocycles. The van der Waals surface area contributed by atoms with Gasteiger partial charge in [-0.15, -0.1) is 0 Å². The number of benzene rings is 1. The molecule has 94 valence electrons. The fraction of sp³-hybridized carbons (Fsp3) is 0.300. The predicted molar refractivity (Wildman–Crippen MR) is 66.6 cm³/mol. The Hall–Kier alpha value is -0.920. The lowest BCUT2D eigenvalue weighted by Crippen LogP contribution is -2.30. The van der Waals surface area contributed by atoms with Crippen molar-refractivity contribution in [3.8, 4) is 0 Å². The Kier molecular flexibility index (Phi) is 4.29. The van der Waals surface area contributed by atoms with E-state index in [-0.39, 0.29) is 16.5 Å². The van der Waals surface area contributed by atoms with Gasteiger partial charge in [0.15, 0.2) is 0 Å². The van der Waals surface area contributed by atoms with E-state index in [1.807, 2.05) is 0 Å². The van der Waals surface area contributed by atoms with E-state index in [0.29, 0.717) is 4.47 Å². The van der Waals surface area contributed by atoms with E-state index in [9.17, 15) is 13.2 Å². The summed E-state index contributed by atoms with van der Waals surface area (Å²) in [5, 5.41) is 8.82. The Balaban J connectivity index is 3.30. The van der Waals surface area contributed by atoms with Crippen molar-refractivity contribution in [2.45, 2.75) is 24.8 Å². The smallest absolute Gasteiger partial charge is 0.335 e. The highest BCUT2D eigenvalue weighted by molar-refractivity contribution is 9.10. The van der Waals surface area contributed by atoms with Crippen LogP contribution in [0.25, 0.3) is 0 Å². The van der Waals surface area contributed by atoms with Crippen molar-refractivity contribution in [2.75, 3.05) is 0 Å². The van der Waals surface area contributed by atoms with Gasteiger partial charge in [-0.2, -0.15) is 0 Å². The molecule has 0 aromatic heterocycles. The Morgan fingerprint density at radius 3 is 2.47 bits per heavy atom. The summed E-state index contributed by atoms with van der Waals surface area (Å²) in [6, 6.07) is 3.59. The molecule has 0 radical (unpaired) electrons. The number of carboxylic acid groups (broad SMARTS) is 1. The molecule has 0 aliphatic carbocycles. The first-order valence-electron chi connectivity index (χ1n) is 4.79. The highest BCUT2D eigenvalue weighted by atomic mass is 79.9. The third-order valence-corrected chi connectivity index (χ3v) is 4.51. The van der Waals surface area contributed by atoms with Crippen LogP contribution in [0, 0.1) is 0 Å². The molecule has 1 aromatic rings. The van der Waals surface area contributed by atoms with Crippen LogP contribution in [0.2, 0.25) is 0 Å². The van der Waals surface area contributed by atoms with Crippen molar-refractivity contribution < 1.29 is 18.3 Å². The van der Waals surface area contributed by atoms with Gasteiger partial charge < -0.3 is 5.11 Å². The number of sulfonamides is 1. The molecule has 0 aliphatic heterocycles. The second kappa shape index (κ2) is 5.16. The maximum Gasteiger partial charge on any atom is 0.335 e. The number of hydrogen-bond donors (Lipinski definition) is 2. The molecule has 17 heavy (non-hydrogen) atoms. The minimum Gasteiger partial charge on any atom is -0.478 e. The third-order valence-electron chi connectivity index (χ3n) is 1.86. The monoisotopic (exact) mass is 321 g/mol. The highest BCUT2D eigenvalue weighted by Gasteiger charge is 2.20. The molecule has 0 amide bonds. The summed E-state index contributed by atoms with van der Waals surface area (Å²) in [7, 11) is -3.71. The van der Waals surface area contributed by atoms with Gasteiger partial charge in [0.2, 0.25) is 10.0 Å². The summed E-state index contributed by atoms with van der Waals surface area (Å²) in [6.07, 6.45) is 0. The summed E-state index contributed by atoms with van der Waals surface area (Å²) in [5.74, 6) is -1.17. The second-order valence-corrected chi connectivity index (χ2v) is 6.26. The van der Waals surface area contributed by atoms with Crippen LogP contribution in [0.5, 0.6) is 0 Å². The minimum absolute atomic E-state index is 0.0719. The Labute approximate surface area is 108 Å². The third kappa shape index (κ3) is 3.52. The number of rotatable bonds is 4. The summed E-state index contributed by atoms with van der Waals surface area (Å²) in [4.78, 5) is 10.7. The van der Waals surface area contributed by atoms with Gasteiger partial charge in [0.1, 0.15) is 0 Å². The van der Waals surface area contributed by atoms with E-state index in [1.54, 1.807) is 13.8 Å². The zero-order chi connectivity index (χ0) is 13.2. The lowest BCUT2D eigenvalue weighted by molar-refractivity contribution is 0.0696. The number of aromatic carboxylic acids is 1. The van der Waals surface area contributed by atoms with Crippen LogP contribution >= 0.6 is 15.9 Å². The van der Waals surface area contributed by atoms with E-state index in [2.05, 4.69) is 20.7 Å². The molecular formula is C10H12BrNO4S. The van der Waals surface area contributed by atoms with Crippen molar-refractivity contribution in [2.24, 2.45) is 0 Å². The number of nitrogens with one attached hydrogen (secondary N) is 1. The van der Waals surface area contributed by atoms with Crippen molar-refractivity contribution in [3.05, 3.63) is 28.2 Å². The average molecular weight is 322 g/mol. The van der Waals surface area contributed by atoms with E-state index >= 15 is 0 Å². The topological polar surface area (TPSA) is 83.5 Å². The van der Waals surface area contributed by atoms with Gasteiger partial charge in [0.05, 0.1) is 10.5 Å². The summed E-state index contributed by atoms with van der Waals surface area (Å²) >= 11 is 3.09. The maximum absolute atomic E-state index is 11.9. The van der Waals surface area contributed by atoms with Crippen molar-refractivity contribution >= 4 is 31.9 Å². The number of hydrogen-bond acceptors (Lipinski definition) is 3. The van der Waals surface area contributed by atoms with Gasteiger partial charge >= 0.3 is 5.97 Å². The minimum atomic E-state index is -3.71. The Bertz CT molecular complexity index is 539. The molecule has 0 aliphatic rings. The standard InChI is InChI=1S/C10H12BrNO4S/c1-6(2)12-17(15,16)9-5-7(10(13)14)3-4-8(9)11/h3-6,12H,1-2H3,(H,13,14). The summed E-state index contributed by atoms with van der Waals surface area (Å²) in [5.41, 5.74) is -0.0719. The molecule has 0 spiro atoms. The highest BCUT2D eigenvalue weighted by Crippen LogP contribution is 2.23. The van der Waals surface area contributed by atoms with E-state index in [4.69, 9.17) is 5.11 Å². The normalized spacial score (nSPS) is 11.8. The van der Waals surface area contributed by atoms with Gasteiger partial charge in [-0.05, 0) is 48.0 Å². The van der Waals surface area contributed by atoms with Gasteiger partial charge in [-0.25, -0.2) is 17.9 Å². The lowest BCUT2D eigenvalue weighted by Gasteiger charge is -2.11. The molecule has 2 N–H and O–H groups in total. The first-order chi connectivity index (χ1) is 7.74. The lowest BCUT2D eigenvalue weighted by atomic mass is 10.2. The quantitative estimate of drug-likeness (QED) is 0.886. The average Bonchev–Trinajstić information content (AvgIpc) is 2.15. The molecule has 1 aromatic carbocycles. The molecule has 1 rings (SSSR count). The van der Waals surface area contributed by atoms with Gasteiger partial charge in [-0.1, -0.05) is 0 Å². The summed E-state index contributed by atoms with van der Waals surface area (Å²) < 4.78 is 26.5. The van der Waals surface area contributed by atoms with Crippen LogP contribution in [0.4, 0.5) is 0 Å². The number of carbonyl (C=O) groups is 1. The van der Waals surface area contributed by atoms with Gasteiger partial charge in [-0.3, -0.25) is 0 Å². The first kappa shape index (κ1) is 14.1. The van der Waals surface area contributed by atoms with Crippen molar-refractivity contribution in [3.63, 3.8) is 0 Å². The zero-order valence-electron chi connectivity index (χ0n) is 9.27. The van der Waals surface area contributed by atoms with Gasteiger partial charge in [0, 0.05) is 10.5 Å². The van der Waals surface area contributed by atoms with Crippen LogP contribution in [0.1, 0.15) is 24.2 Å². The molecule has 0 heterocycles. The molecule has 0 saturated heterocycles. The van der Waals surface area contributed by atoms with Crippen LogP contribution in [-0.2, 0) is 10.0 Å². The van der Waals surface area contributed by atoms with Crippen LogP contribution in [0.3, 0.4) is 0 Å². The second-order valence-electron chi connectivity index (χ2n) is 3.73. The van der Waals surface area contributed by atoms with E-state index in [1.165, 1.54) is 12.1 Å². The Morgan fingerprint density at radius 2 is 2.00 bits per heavy atom. The first-order valence-corrected chi connectivity index (χ1v) is 7.07. The van der Waals surface area contributed by atoms with Crippen LogP contribution in [0.15, 0.2) is 27.6 Å². The maximum atomic E-state index is 11.9. The molecule has 7 heteroatoms. The van der Waals surface area contributed by atoms with Gasteiger partial charge in [0.25, 0.3) is 0 Å². The van der Waals surface area contributed by atoms with Crippen LogP contribution in [-0.4, -0.2) is 25.5 Å². The van der Waals surface area contributed by atoms with Crippen molar-refractivity contribution in [1.29, 1.82) is 0 Å². The molecule has 0 unspecified atom stereocenters. The largest absolute Gasteiger partial charge is 0.478 e. The zero-order valence-corrected chi connectivity index (χ0v) is 11.7. The summed E-state index contributed by atoms with van der Waals surface area (Å²) in [6.45, 7) is 3.37.